The van der Waals surface area contributed by atoms with Crippen LogP contribution in [-0.2, 0) is 33.3 Å². The quantitative estimate of drug-likeness (QED) is 0.552. The van der Waals surface area contributed by atoms with Crippen LogP contribution in [0.3, 0.4) is 0 Å². The van der Waals surface area contributed by atoms with Gasteiger partial charge < -0.3 is 23.7 Å². The first-order valence-electron chi connectivity index (χ1n) is 7.83. The van der Waals surface area contributed by atoms with E-state index >= 15 is 0 Å². The van der Waals surface area contributed by atoms with Crippen molar-refractivity contribution in [3.05, 3.63) is 12.2 Å². The predicted molar refractivity (Wildman–Crippen MR) is 79.8 cm³/mol. The zero-order valence-corrected chi connectivity index (χ0v) is 13.6. The molecule has 2 rings (SSSR count). The van der Waals surface area contributed by atoms with Gasteiger partial charge in [0.1, 0.15) is 24.9 Å². The van der Waals surface area contributed by atoms with Gasteiger partial charge in [0.05, 0.1) is 6.61 Å². The average Bonchev–Trinajstić information content (AvgIpc) is 2.56. The number of carbonyl (C=O) groups is 2. The van der Waals surface area contributed by atoms with Gasteiger partial charge in [-0.25, -0.2) is 0 Å². The van der Waals surface area contributed by atoms with Crippen LogP contribution in [0.25, 0.3) is 0 Å². The van der Waals surface area contributed by atoms with Crippen molar-refractivity contribution in [2.45, 2.75) is 50.1 Å². The number of methoxy groups -OCH3 is 2. The number of fused-ring (bicyclic) bond motifs is 1. The molecule has 0 aromatic rings. The second-order valence-corrected chi connectivity index (χ2v) is 5.53. The molecule has 130 valence electrons. The molecule has 0 radical (unpaired) electrons. The lowest BCUT2D eigenvalue weighted by molar-refractivity contribution is -0.226. The van der Waals surface area contributed by atoms with Gasteiger partial charge in [0.2, 0.25) is 0 Å². The van der Waals surface area contributed by atoms with E-state index in [9.17, 15) is 9.59 Å². The first-order valence-corrected chi connectivity index (χ1v) is 7.83. The molecule has 2 aliphatic heterocycles. The van der Waals surface area contributed by atoms with Gasteiger partial charge in [-0.1, -0.05) is 12.2 Å². The Kier molecular flexibility index (Phi) is 7.01. The predicted octanol–water partition coefficient (Wildman–Crippen LogP) is 1.00. The number of ether oxygens (including phenoxy) is 5. The van der Waals surface area contributed by atoms with Crippen LogP contribution >= 0.6 is 0 Å². The molecule has 1 fully saturated rings. The molecule has 7 nitrogen and oxygen atoms in total. The summed E-state index contributed by atoms with van der Waals surface area (Å²) in [5, 5.41) is 0. The second-order valence-electron chi connectivity index (χ2n) is 5.53. The molecule has 0 spiro atoms. The Bertz CT molecular complexity index is 434. The molecular weight excluding hydrogens is 304 g/mol. The van der Waals surface area contributed by atoms with Gasteiger partial charge in [0.15, 0.2) is 6.10 Å². The van der Waals surface area contributed by atoms with Crippen LogP contribution in [0.15, 0.2) is 12.2 Å². The zero-order valence-electron chi connectivity index (χ0n) is 13.6. The summed E-state index contributed by atoms with van der Waals surface area (Å²) in [6, 6.07) is 0. The summed E-state index contributed by atoms with van der Waals surface area (Å²) in [5.41, 5.74) is 0. The minimum atomic E-state index is -0.677. The van der Waals surface area contributed by atoms with Gasteiger partial charge in [-0.3, -0.25) is 9.59 Å². The Balaban J connectivity index is 2.13. The molecule has 0 aromatic carbocycles. The highest BCUT2D eigenvalue weighted by Crippen LogP contribution is 2.24. The maximum Gasteiger partial charge on any atom is 0.306 e. The first kappa shape index (κ1) is 17.9. The van der Waals surface area contributed by atoms with Crippen LogP contribution in [0.1, 0.15) is 25.7 Å². The van der Waals surface area contributed by atoms with Crippen molar-refractivity contribution >= 4 is 11.9 Å². The van der Waals surface area contributed by atoms with Crippen LogP contribution < -0.4 is 0 Å². The molecule has 0 N–H and O–H groups in total. The third kappa shape index (κ3) is 5.02. The van der Waals surface area contributed by atoms with Gasteiger partial charge in [-0.15, -0.1) is 0 Å². The summed E-state index contributed by atoms with van der Waals surface area (Å²) in [4.78, 5) is 23.8. The molecule has 2 heterocycles. The highest BCUT2D eigenvalue weighted by Gasteiger charge is 2.44. The van der Waals surface area contributed by atoms with Gasteiger partial charge in [0, 0.05) is 27.1 Å². The average molecular weight is 328 g/mol. The summed E-state index contributed by atoms with van der Waals surface area (Å²) in [6.07, 6.45) is 3.41. The van der Waals surface area contributed by atoms with E-state index in [2.05, 4.69) is 0 Å². The molecular formula is C16H24O7. The lowest BCUT2D eigenvalue weighted by Gasteiger charge is -2.40. The number of carbonyl (C=O) groups excluding carboxylic acids is 2. The zero-order chi connectivity index (χ0) is 16.7. The molecule has 4 atom stereocenters. The van der Waals surface area contributed by atoms with Crippen LogP contribution in [0, 0.1) is 0 Å². The van der Waals surface area contributed by atoms with Gasteiger partial charge >= 0.3 is 11.9 Å². The van der Waals surface area contributed by atoms with E-state index in [0.29, 0.717) is 19.3 Å². The Morgan fingerprint density at radius 2 is 1.70 bits per heavy atom. The fourth-order valence-corrected chi connectivity index (χ4v) is 2.70. The number of allylic oxidation sites excluding steroid dienone is 2. The third-order valence-corrected chi connectivity index (χ3v) is 3.98. The summed E-state index contributed by atoms with van der Waals surface area (Å²) in [6.45, 7) is 0.309. The lowest BCUT2D eigenvalue weighted by atomic mass is 9.99. The molecule has 0 amide bonds. The molecule has 1 saturated heterocycles. The normalized spacial score (nSPS) is 33.5. The Morgan fingerprint density at radius 3 is 2.35 bits per heavy atom. The molecule has 23 heavy (non-hydrogen) atoms. The van der Waals surface area contributed by atoms with E-state index in [1.807, 2.05) is 12.2 Å². The monoisotopic (exact) mass is 328 g/mol. The Labute approximate surface area is 135 Å². The number of hydrogen-bond acceptors (Lipinski definition) is 7. The molecule has 7 heteroatoms. The summed E-state index contributed by atoms with van der Waals surface area (Å²) in [7, 11) is 3.08. The van der Waals surface area contributed by atoms with Gasteiger partial charge in [-0.2, -0.15) is 0 Å². The molecule has 0 aromatic heterocycles. The van der Waals surface area contributed by atoms with E-state index in [1.54, 1.807) is 7.11 Å². The van der Waals surface area contributed by atoms with E-state index in [4.69, 9.17) is 23.7 Å². The maximum absolute atomic E-state index is 12.0. The topological polar surface area (TPSA) is 80.3 Å². The molecule has 0 unspecified atom stereocenters. The van der Waals surface area contributed by atoms with Crippen molar-refractivity contribution in [1.29, 1.82) is 0 Å². The van der Waals surface area contributed by atoms with Crippen LogP contribution in [-0.4, -0.2) is 63.8 Å². The first-order chi connectivity index (χ1) is 11.2. The minimum absolute atomic E-state index is 0.0246. The Morgan fingerprint density at radius 1 is 1.00 bits per heavy atom. The fraction of sp³-hybridized carbons (Fsp3) is 0.750. The lowest BCUT2D eigenvalue weighted by Crippen LogP contribution is -2.57. The number of esters is 2. The number of cyclic esters (lactones) is 1. The molecule has 2 aliphatic rings. The smallest absolute Gasteiger partial charge is 0.306 e. The van der Waals surface area contributed by atoms with Gasteiger partial charge in [-0.05, 0) is 12.8 Å². The summed E-state index contributed by atoms with van der Waals surface area (Å²) < 4.78 is 27.2. The largest absolute Gasteiger partial charge is 0.463 e. The standard InChI is InChI=1S/C16H24O7/c1-19-11-9-21-12-10-22-13(17)7-5-3-4-6-8-14(18)23-16(12)15(11)20-2/h3-4,11-12,15-16H,5-10H2,1-2H3/t11-,12+,15+,16+/m0/s1. The summed E-state index contributed by atoms with van der Waals surface area (Å²) in [5.74, 6) is -0.636. The Hall–Kier alpha value is -1.44. The third-order valence-electron chi connectivity index (χ3n) is 3.98. The SMILES string of the molecule is CO[C@H]1[C@@H]2OC(=O)CCC=CCCC(=O)OC[C@H]2OC[C@@H]1OC. The van der Waals surface area contributed by atoms with Gasteiger partial charge in [0.25, 0.3) is 0 Å². The van der Waals surface area contributed by atoms with Crippen LogP contribution in [0.4, 0.5) is 0 Å². The summed E-state index contributed by atoms with van der Waals surface area (Å²) >= 11 is 0. The van der Waals surface area contributed by atoms with Crippen molar-refractivity contribution in [2.75, 3.05) is 27.4 Å². The van der Waals surface area contributed by atoms with Crippen molar-refractivity contribution < 1.29 is 33.3 Å². The van der Waals surface area contributed by atoms with Crippen LogP contribution in [0.5, 0.6) is 0 Å². The highest BCUT2D eigenvalue weighted by atomic mass is 16.6. The minimum Gasteiger partial charge on any atom is -0.463 e. The van der Waals surface area contributed by atoms with Crippen molar-refractivity contribution in [1.82, 2.24) is 0 Å². The second kappa shape index (κ2) is 9.00. The highest BCUT2D eigenvalue weighted by molar-refractivity contribution is 5.70. The van der Waals surface area contributed by atoms with Crippen molar-refractivity contribution in [3.63, 3.8) is 0 Å². The van der Waals surface area contributed by atoms with E-state index < -0.39 is 18.3 Å². The molecule has 0 saturated carbocycles. The molecule has 0 bridgehead atoms. The maximum atomic E-state index is 12.0. The van der Waals surface area contributed by atoms with Crippen molar-refractivity contribution in [2.24, 2.45) is 0 Å². The van der Waals surface area contributed by atoms with E-state index in [1.165, 1.54) is 7.11 Å². The van der Waals surface area contributed by atoms with Crippen LogP contribution in [0.2, 0.25) is 0 Å². The van der Waals surface area contributed by atoms with Crippen molar-refractivity contribution in [3.8, 4) is 0 Å². The van der Waals surface area contributed by atoms with E-state index in [0.717, 1.165) is 0 Å². The number of hydrogen-bond donors (Lipinski definition) is 0. The van der Waals surface area contributed by atoms with E-state index in [-0.39, 0.29) is 37.7 Å². The number of rotatable bonds is 2. The fourth-order valence-electron chi connectivity index (χ4n) is 2.70. The molecule has 0 aliphatic carbocycles.